The van der Waals surface area contributed by atoms with Crippen molar-refractivity contribution in [3.8, 4) is 0 Å². The second kappa shape index (κ2) is 14.4. The summed E-state index contributed by atoms with van der Waals surface area (Å²) in [6.45, 7) is 14.4. The van der Waals surface area contributed by atoms with Gasteiger partial charge in [0.05, 0.1) is 0 Å². The van der Waals surface area contributed by atoms with Gasteiger partial charge in [0.1, 0.15) is 0 Å². The Bertz CT molecular complexity index is 240. The summed E-state index contributed by atoms with van der Waals surface area (Å²) in [7, 11) is 0. The maximum Gasteiger partial charge on any atom is -0.0354 e. The second-order valence-electron chi connectivity index (χ2n) is 8.87. The van der Waals surface area contributed by atoms with E-state index in [0.29, 0.717) is 5.41 Å². The lowest BCUT2D eigenvalue weighted by atomic mass is 9.74. The maximum atomic E-state index is 2.52. The van der Waals surface area contributed by atoms with Crippen LogP contribution in [0.5, 0.6) is 0 Å². The zero-order chi connectivity index (χ0) is 17.6. The van der Waals surface area contributed by atoms with Gasteiger partial charge in [-0.15, -0.1) is 0 Å². The van der Waals surface area contributed by atoms with Crippen LogP contribution >= 0.6 is 0 Å². The highest BCUT2D eigenvalue weighted by atomic mass is 14.3. The highest BCUT2D eigenvalue weighted by molar-refractivity contribution is 4.75. The summed E-state index contributed by atoms with van der Waals surface area (Å²) in [5, 5.41) is 0. The quantitative estimate of drug-likeness (QED) is 0.249. The molecule has 0 aliphatic rings. The molecule has 0 heterocycles. The van der Waals surface area contributed by atoms with Crippen LogP contribution in [0, 0.1) is 17.3 Å². The van der Waals surface area contributed by atoms with Gasteiger partial charge in [-0.1, -0.05) is 125 Å². The zero-order valence-corrected chi connectivity index (χ0v) is 17.6. The summed E-state index contributed by atoms with van der Waals surface area (Å²) in [6, 6.07) is 0. The van der Waals surface area contributed by atoms with Crippen LogP contribution in [0.3, 0.4) is 0 Å². The molecule has 0 rings (SSSR count). The largest absolute Gasteiger partial charge is 0.0654 e. The minimum Gasteiger partial charge on any atom is -0.0654 e. The van der Waals surface area contributed by atoms with Crippen molar-refractivity contribution in [2.24, 2.45) is 17.3 Å². The fraction of sp³-hybridized carbons (Fsp3) is 1.00. The van der Waals surface area contributed by atoms with Gasteiger partial charge in [-0.05, 0) is 23.7 Å². The molecule has 23 heavy (non-hydrogen) atoms. The van der Waals surface area contributed by atoms with Crippen molar-refractivity contribution in [1.82, 2.24) is 0 Å². The molecule has 0 fully saturated rings. The standard InChI is InChI=1S/C23H48/c1-7-10-11-12-13-14-15-16-17-19-22(18-8-2)21(4)20-23(5,6)9-3/h21-22H,7-20H2,1-6H3. The van der Waals surface area contributed by atoms with Crippen LogP contribution in [0.25, 0.3) is 0 Å². The Hall–Kier alpha value is 0. The first-order valence-corrected chi connectivity index (χ1v) is 11.0. The Labute approximate surface area is 149 Å². The van der Waals surface area contributed by atoms with E-state index in [-0.39, 0.29) is 0 Å². The van der Waals surface area contributed by atoms with Crippen molar-refractivity contribution < 1.29 is 0 Å². The van der Waals surface area contributed by atoms with E-state index in [2.05, 4.69) is 41.5 Å². The van der Waals surface area contributed by atoms with Crippen LogP contribution < -0.4 is 0 Å². The van der Waals surface area contributed by atoms with Crippen LogP contribution in [-0.4, -0.2) is 0 Å². The lowest BCUT2D eigenvalue weighted by molar-refractivity contribution is 0.196. The Morgan fingerprint density at radius 2 is 1.17 bits per heavy atom. The molecule has 2 unspecified atom stereocenters. The molecular formula is C23H48. The van der Waals surface area contributed by atoms with Crippen molar-refractivity contribution in [3.05, 3.63) is 0 Å². The van der Waals surface area contributed by atoms with E-state index in [9.17, 15) is 0 Å². The van der Waals surface area contributed by atoms with Gasteiger partial charge >= 0.3 is 0 Å². The highest BCUT2D eigenvalue weighted by Gasteiger charge is 2.24. The van der Waals surface area contributed by atoms with E-state index in [1.807, 2.05) is 0 Å². The van der Waals surface area contributed by atoms with Crippen molar-refractivity contribution >= 4 is 0 Å². The summed E-state index contributed by atoms with van der Waals surface area (Å²) in [6.07, 6.45) is 20.1. The maximum absolute atomic E-state index is 2.52. The van der Waals surface area contributed by atoms with Gasteiger partial charge in [-0.3, -0.25) is 0 Å². The number of rotatable bonds is 16. The third kappa shape index (κ3) is 13.0. The normalized spacial score (nSPS) is 14.9. The number of unbranched alkanes of at least 4 members (excludes halogenated alkanes) is 8. The molecule has 0 aromatic rings. The lowest BCUT2D eigenvalue weighted by Gasteiger charge is -2.32. The van der Waals surface area contributed by atoms with Crippen LogP contribution in [0.15, 0.2) is 0 Å². The van der Waals surface area contributed by atoms with E-state index in [4.69, 9.17) is 0 Å². The fourth-order valence-corrected chi connectivity index (χ4v) is 3.98. The molecule has 0 N–H and O–H groups in total. The molecule has 0 heteroatoms. The summed E-state index contributed by atoms with van der Waals surface area (Å²) in [4.78, 5) is 0. The highest BCUT2D eigenvalue weighted by Crippen LogP contribution is 2.35. The van der Waals surface area contributed by atoms with Crippen molar-refractivity contribution in [2.75, 3.05) is 0 Å². The number of hydrogen-bond acceptors (Lipinski definition) is 0. The Balaban J connectivity index is 3.83. The first-order valence-electron chi connectivity index (χ1n) is 11.0. The van der Waals surface area contributed by atoms with Gasteiger partial charge in [0.2, 0.25) is 0 Å². The summed E-state index contributed by atoms with van der Waals surface area (Å²) >= 11 is 0. The fourth-order valence-electron chi connectivity index (χ4n) is 3.98. The van der Waals surface area contributed by atoms with Crippen LogP contribution in [0.4, 0.5) is 0 Å². The lowest BCUT2D eigenvalue weighted by Crippen LogP contribution is -2.20. The minimum atomic E-state index is 0.532. The minimum absolute atomic E-state index is 0.532. The van der Waals surface area contributed by atoms with Gasteiger partial charge in [-0.2, -0.15) is 0 Å². The molecule has 0 saturated carbocycles. The van der Waals surface area contributed by atoms with Gasteiger partial charge < -0.3 is 0 Å². The predicted octanol–water partition coefficient (Wildman–Crippen LogP) is 8.79. The molecule has 0 aromatic carbocycles. The summed E-state index contributed by atoms with van der Waals surface area (Å²) in [5.41, 5.74) is 0.532. The van der Waals surface area contributed by atoms with Gasteiger partial charge in [0.15, 0.2) is 0 Å². The van der Waals surface area contributed by atoms with Crippen LogP contribution in [0.1, 0.15) is 131 Å². The molecular weight excluding hydrogens is 276 g/mol. The third-order valence-corrected chi connectivity index (χ3v) is 5.97. The molecule has 0 amide bonds. The molecule has 0 aliphatic heterocycles. The van der Waals surface area contributed by atoms with Crippen molar-refractivity contribution in [1.29, 1.82) is 0 Å². The Morgan fingerprint density at radius 1 is 0.652 bits per heavy atom. The Kier molecular flexibility index (Phi) is 14.4. The van der Waals surface area contributed by atoms with E-state index >= 15 is 0 Å². The summed E-state index contributed by atoms with van der Waals surface area (Å²) in [5.74, 6) is 1.87. The van der Waals surface area contributed by atoms with E-state index < -0.39 is 0 Å². The monoisotopic (exact) mass is 324 g/mol. The predicted molar refractivity (Wildman–Crippen MR) is 108 cm³/mol. The molecule has 0 saturated heterocycles. The molecule has 2 atom stereocenters. The summed E-state index contributed by atoms with van der Waals surface area (Å²) < 4.78 is 0. The van der Waals surface area contributed by atoms with Gasteiger partial charge in [0, 0.05) is 0 Å². The third-order valence-electron chi connectivity index (χ3n) is 5.97. The molecule has 0 nitrogen and oxygen atoms in total. The van der Waals surface area contributed by atoms with Crippen LogP contribution in [0.2, 0.25) is 0 Å². The van der Waals surface area contributed by atoms with Gasteiger partial charge in [-0.25, -0.2) is 0 Å². The smallest absolute Gasteiger partial charge is 0.0354 e. The zero-order valence-electron chi connectivity index (χ0n) is 17.6. The van der Waals surface area contributed by atoms with Crippen LogP contribution in [-0.2, 0) is 0 Å². The molecule has 0 aromatic heterocycles. The second-order valence-corrected chi connectivity index (χ2v) is 8.87. The van der Waals surface area contributed by atoms with E-state index in [1.165, 1.54) is 89.9 Å². The topological polar surface area (TPSA) is 0 Å². The SMILES string of the molecule is CCCCCCCCCCCC(CCC)C(C)CC(C)(C)CC. The van der Waals surface area contributed by atoms with Crippen molar-refractivity contribution in [3.63, 3.8) is 0 Å². The first kappa shape index (κ1) is 23.0. The first-order chi connectivity index (χ1) is 11.0. The molecule has 0 bridgehead atoms. The number of hydrogen-bond donors (Lipinski definition) is 0. The van der Waals surface area contributed by atoms with E-state index in [1.54, 1.807) is 0 Å². The van der Waals surface area contributed by atoms with Crippen molar-refractivity contribution in [2.45, 2.75) is 131 Å². The molecule has 0 radical (unpaired) electrons. The molecule has 140 valence electrons. The molecule has 0 aliphatic carbocycles. The average molecular weight is 325 g/mol. The molecule has 0 spiro atoms. The van der Waals surface area contributed by atoms with Gasteiger partial charge in [0.25, 0.3) is 0 Å². The Morgan fingerprint density at radius 3 is 1.65 bits per heavy atom. The van der Waals surface area contributed by atoms with E-state index in [0.717, 1.165) is 11.8 Å². The average Bonchev–Trinajstić information content (AvgIpc) is 2.51.